The van der Waals surface area contributed by atoms with E-state index in [1.165, 1.54) is 0 Å². The minimum Gasteiger partial charge on any atom is -0.382 e. The second-order valence-corrected chi connectivity index (χ2v) is 7.89. The van der Waals surface area contributed by atoms with Gasteiger partial charge in [-0.3, -0.25) is 4.40 Å². The van der Waals surface area contributed by atoms with Gasteiger partial charge in [-0.05, 0) is 43.5 Å². The second-order valence-electron chi connectivity index (χ2n) is 7.49. The molecular formula is C22H22ClN5O. The average molecular weight is 408 g/mol. The number of fused-ring (bicyclic) bond motifs is 3. The monoisotopic (exact) mass is 407 g/mol. The Kier molecular flexibility index (Phi) is 4.53. The summed E-state index contributed by atoms with van der Waals surface area (Å²) in [5.41, 5.74) is 12.7. The van der Waals surface area contributed by atoms with E-state index < -0.39 is 0 Å². The highest BCUT2D eigenvalue weighted by atomic mass is 35.5. The van der Waals surface area contributed by atoms with Crippen molar-refractivity contribution in [2.24, 2.45) is 0 Å². The van der Waals surface area contributed by atoms with E-state index in [1.807, 2.05) is 16.5 Å². The largest absolute Gasteiger partial charge is 0.382 e. The Morgan fingerprint density at radius 3 is 3.00 bits per heavy atom. The molecule has 0 amide bonds. The predicted molar refractivity (Wildman–Crippen MR) is 118 cm³/mol. The van der Waals surface area contributed by atoms with Crippen LogP contribution in [-0.4, -0.2) is 33.6 Å². The first kappa shape index (κ1) is 18.2. The Bertz CT molecular complexity index is 1190. The summed E-state index contributed by atoms with van der Waals surface area (Å²) < 4.78 is 7.74. The van der Waals surface area contributed by atoms with Gasteiger partial charge in [0.2, 0.25) is 0 Å². The highest BCUT2D eigenvalue weighted by Gasteiger charge is 2.18. The zero-order chi connectivity index (χ0) is 20.0. The van der Waals surface area contributed by atoms with E-state index >= 15 is 0 Å². The van der Waals surface area contributed by atoms with E-state index in [-0.39, 0.29) is 6.10 Å². The maximum atomic E-state index is 6.62. The molecule has 6 nitrogen and oxygen atoms in total. The van der Waals surface area contributed by atoms with Crippen molar-refractivity contribution in [1.82, 2.24) is 14.4 Å². The Labute approximate surface area is 173 Å². The van der Waals surface area contributed by atoms with Gasteiger partial charge in [-0.15, -0.1) is 0 Å². The maximum Gasteiger partial charge on any atom is 0.150 e. The Hall–Kier alpha value is -2.83. The van der Waals surface area contributed by atoms with Crippen LogP contribution in [0.1, 0.15) is 18.4 Å². The normalized spacial score (nSPS) is 16.7. The molecule has 4 aromatic rings. The first-order chi connectivity index (χ1) is 14.1. The summed E-state index contributed by atoms with van der Waals surface area (Å²) in [6, 6.07) is 10.1. The van der Waals surface area contributed by atoms with E-state index in [0.717, 1.165) is 64.9 Å². The molecule has 2 aromatic carbocycles. The van der Waals surface area contributed by atoms with Gasteiger partial charge in [0.25, 0.3) is 0 Å². The fourth-order valence-electron chi connectivity index (χ4n) is 4.08. The molecule has 148 valence electrons. The molecular weight excluding hydrogens is 386 g/mol. The van der Waals surface area contributed by atoms with Crippen molar-refractivity contribution in [3.63, 3.8) is 0 Å². The molecule has 0 radical (unpaired) electrons. The van der Waals surface area contributed by atoms with Crippen LogP contribution in [0.15, 0.2) is 42.9 Å². The summed E-state index contributed by atoms with van der Waals surface area (Å²) in [6.07, 6.45) is 5.94. The van der Waals surface area contributed by atoms with Gasteiger partial charge in [-0.2, -0.15) is 0 Å². The number of halogens is 1. The highest BCUT2D eigenvalue weighted by Crippen LogP contribution is 2.38. The van der Waals surface area contributed by atoms with Crippen molar-refractivity contribution in [2.45, 2.75) is 25.9 Å². The quantitative estimate of drug-likeness (QED) is 0.513. The summed E-state index contributed by atoms with van der Waals surface area (Å²) in [4.78, 5) is 8.98. The van der Waals surface area contributed by atoms with Crippen LogP contribution in [0.4, 0.5) is 11.5 Å². The number of aryl methyl sites for hydroxylation is 1. The van der Waals surface area contributed by atoms with Gasteiger partial charge in [0.15, 0.2) is 0 Å². The molecule has 29 heavy (non-hydrogen) atoms. The molecule has 7 heteroatoms. The van der Waals surface area contributed by atoms with Crippen molar-refractivity contribution >= 4 is 39.7 Å². The lowest BCUT2D eigenvalue weighted by Crippen LogP contribution is -2.18. The Morgan fingerprint density at radius 1 is 1.31 bits per heavy atom. The summed E-state index contributed by atoms with van der Waals surface area (Å²) >= 11 is 6.62. The van der Waals surface area contributed by atoms with Crippen LogP contribution in [0.25, 0.3) is 27.7 Å². The van der Waals surface area contributed by atoms with E-state index in [0.29, 0.717) is 10.8 Å². The number of nitrogens with two attached hydrogens (primary N) is 1. The minimum atomic E-state index is 0.244. The summed E-state index contributed by atoms with van der Waals surface area (Å²) in [5.74, 6) is 0.445. The molecule has 1 fully saturated rings. The molecule has 0 bridgehead atoms. The number of nitrogens with one attached hydrogen (secondary N) is 1. The molecule has 1 saturated heterocycles. The summed E-state index contributed by atoms with van der Waals surface area (Å²) in [6.45, 7) is 3.66. The standard InChI is InChI=1S/C22H22ClN5O/c1-13-4-2-6-17(23)20(13)16-8-14(26-10-15-5-3-7-29-15)9-18-21(16)27-22(24)19-11-25-12-28(18)19/h2,4,6,8-9,11-12,15,26H,3,5,7,10H2,1H3,(H2,24,27). The number of anilines is 2. The first-order valence-electron chi connectivity index (χ1n) is 9.78. The molecule has 1 aliphatic rings. The lowest BCUT2D eigenvalue weighted by atomic mass is 9.98. The van der Waals surface area contributed by atoms with Crippen molar-refractivity contribution in [3.05, 3.63) is 53.4 Å². The average Bonchev–Trinajstić information content (AvgIpc) is 3.39. The highest BCUT2D eigenvalue weighted by molar-refractivity contribution is 6.34. The molecule has 3 N–H and O–H groups in total. The number of nitrogens with zero attached hydrogens (tertiary/aromatic N) is 3. The molecule has 0 aliphatic carbocycles. The number of ether oxygens (including phenoxy) is 1. The van der Waals surface area contributed by atoms with Crippen LogP contribution >= 0.6 is 11.6 Å². The zero-order valence-corrected chi connectivity index (χ0v) is 16.9. The third-order valence-corrected chi connectivity index (χ3v) is 5.85. The fourth-order valence-corrected chi connectivity index (χ4v) is 4.40. The van der Waals surface area contributed by atoms with Crippen LogP contribution in [-0.2, 0) is 4.74 Å². The fraction of sp³-hybridized carbons (Fsp3) is 0.273. The molecule has 3 heterocycles. The van der Waals surface area contributed by atoms with Gasteiger partial charge in [0, 0.05) is 35.0 Å². The zero-order valence-electron chi connectivity index (χ0n) is 16.2. The third-order valence-electron chi connectivity index (χ3n) is 5.53. The summed E-state index contributed by atoms with van der Waals surface area (Å²) in [7, 11) is 0. The molecule has 0 saturated carbocycles. The van der Waals surface area contributed by atoms with Gasteiger partial charge >= 0.3 is 0 Å². The number of hydrogen-bond acceptors (Lipinski definition) is 5. The number of hydrogen-bond donors (Lipinski definition) is 2. The van der Waals surface area contributed by atoms with E-state index in [2.05, 4.69) is 35.4 Å². The number of rotatable bonds is 4. The van der Waals surface area contributed by atoms with Crippen LogP contribution in [0.2, 0.25) is 5.02 Å². The molecule has 1 aliphatic heterocycles. The molecule has 5 rings (SSSR count). The van der Waals surface area contributed by atoms with Crippen molar-refractivity contribution in [2.75, 3.05) is 24.2 Å². The van der Waals surface area contributed by atoms with Crippen LogP contribution in [0.5, 0.6) is 0 Å². The van der Waals surface area contributed by atoms with Gasteiger partial charge in [0.1, 0.15) is 11.3 Å². The third kappa shape index (κ3) is 3.18. The number of nitrogen functional groups attached to an aromatic ring is 1. The van der Waals surface area contributed by atoms with Gasteiger partial charge in [0.05, 0.1) is 29.7 Å². The first-order valence-corrected chi connectivity index (χ1v) is 10.2. The molecule has 1 atom stereocenters. The van der Waals surface area contributed by atoms with Crippen LogP contribution in [0.3, 0.4) is 0 Å². The Balaban J connectivity index is 1.73. The van der Waals surface area contributed by atoms with Crippen molar-refractivity contribution in [3.8, 4) is 11.1 Å². The lowest BCUT2D eigenvalue weighted by molar-refractivity contribution is 0.120. The lowest BCUT2D eigenvalue weighted by Gasteiger charge is -2.17. The predicted octanol–water partition coefficient (Wildman–Crippen LogP) is 4.68. The van der Waals surface area contributed by atoms with Crippen LogP contribution in [0, 0.1) is 6.92 Å². The van der Waals surface area contributed by atoms with E-state index in [9.17, 15) is 0 Å². The smallest absolute Gasteiger partial charge is 0.150 e. The number of benzene rings is 2. The minimum absolute atomic E-state index is 0.244. The second kappa shape index (κ2) is 7.21. The SMILES string of the molecule is Cc1cccc(Cl)c1-c1cc(NCC2CCCO2)cc2c1nc(N)c1cncn12. The molecule has 1 unspecified atom stereocenters. The van der Waals surface area contributed by atoms with Crippen LogP contribution < -0.4 is 11.1 Å². The number of aromatic nitrogens is 3. The van der Waals surface area contributed by atoms with Gasteiger partial charge < -0.3 is 15.8 Å². The van der Waals surface area contributed by atoms with E-state index in [1.54, 1.807) is 12.5 Å². The molecule has 2 aromatic heterocycles. The summed E-state index contributed by atoms with van der Waals surface area (Å²) in [5, 5.41) is 4.23. The van der Waals surface area contributed by atoms with E-state index in [4.69, 9.17) is 27.1 Å². The molecule has 0 spiro atoms. The van der Waals surface area contributed by atoms with Crippen molar-refractivity contribution < 1.29 is 4.74 Å². The maximum absolute atomic E-state index is 6.62. The topological polar surface area (TPSA) is 77.5 Å². The Morgan fingerprint density at radius 2 is 2.21 bits per heavy atom. The van der Waals surface area contributed by atoms with Gasteiger partial charge in [-0.1, -0.05) is 23.7 Å². The number of imidazole rings is 1. The van der Waals surface area contributed by atoms with Gasteiger partial charge in [-0.25, -0.2) is 9.97 Å². The van der Waals surface area contributed by atoms with Crippen molar-refractivity contribution in [1.29, 1.82) is 0 Å².